The molecule has 28 atom stereocenters. The Morgan fingerprint density at radius 3 is 1.28 bits per heavy atom. The Hall–Kier alpha value is -6.09. The fraction of sp³-hybridized carbons (Fsp3) is 0.870. The lowest BCUT2D eigenvalue weighted by molar-refractivity contribution is -0.214. The summed E-state index contributed by atoms with van der Waals surface area (Å²) in [6, 6.07) is 0.200. The van der Waals surface area contributed by atoms with Crippen LogP contribution in [0.2, 0.25) is 0 Å². The van der Waals surface area contributed by atoms with Gasteiger partial charge in [-0.1, -0.05) is 158 Å². The lowest BCUT2D eigenvalue weighted by Crippen LogP contribution is -2.59. The van der Waals surface area contributed by atoms with Crippen molar-refractivity contribution in [3.05, 3.63) is 0 Å². The first kappa shape index (κ1) is 99.7. The minimum absolute atomic E-state index is 0.0450. The van der Waals surface area contributed by atoms with Gasteiger partial charge >= 0.3 is 59.7 Å². The van der Waals surface area contributed by atoms with E-state index in [0.29, 0.717) is 24.2 Å². The third kappa shape index (κ3) is 22.5. The predicted octanol–water partition coefficient (Wildman–Crippen LogP) is 19.1. The number of hydrogen-bond acceptors (Lipinski definition) is 21. The summed E-state index contributed by atoms with van der Waals surface area (Å²) in [6.07, 6.45) is 31.7. The summed E-state index contributed by atoms with van der Waals surface area (Å²) in [5.74, 6) is 9.49. The molecule has 18 fully saturated rings. The number of ketones is 1. The lowest BCUT2D eigenvalue weighted by Gasteiger charge is -2.60. The highest BCUT2D eigenvalue weighted by Crippen LogP contribution is 2.63. The van der Waals surface area contributed by atoms with Gasteiger partial charge in [0.25, 0.3) is 0 Å². The van der Waals surface area contributed by atoms with Crippen LogP contribution in [0, 0.1) is 166 Å². The minimum Gasteiger partial charge on any atom is -0.459 e. The Balaban J connectivity index is 0.000000158. The maximum absolute atomic E-state index is 12.3. The molecule has 22 heteroatoms. The number of nitrogens with zero attached hydrogens (tertiary/aromatic N) is 1. The molecular formula is C100H159NO21. The highest BCUT2D eigenvalue weighted by molar-refractivity contribution is 6.05. The zero-order valence-corrected chi connectivity index (χ0v) is 79.0. The number of imide groups is 1. The monoisotopic (exact) mass is 1710 g/mol. The molecule has 18 aliphatic rings. The first-order chi connectivity index (χ1) is 57.4. The van der Waals surface area contributed by atoms with E-state index in [4.69, 9.17) is 28.4 Å². The maximum Gasteiger partial charge on any atom is 0.317 e. The molecule has 28 unspecified atom stereocenters. The topological polar surface area (TPSA) is 299 Å². The molecule has 18 rings (SSSR count). The molecule has 12 bridgehead atoms. The third-order valence-electron chi connectivity index (χ3n) is 34.3. The van der Waals surface area contributed by atoms with Crippen LogP contribution in [0.1, 0.15) is 345 Å². The molecule has 5 aliphatic heterocycles. The number of rotatable bonds is 15. The SMILES string of the molecule is CC1C(=O)N(C2CCCCC2)C(=O)C1C.CC1C(=O)OC(=O)C1C.CC1C(=O)OC(=O)C1C.CC1C2CCC(C2)C1C.CC1C2CCC(C2)C1C.CCC(C)C(=O)OC(C)(C)C1CCC(C)CC1=O.CCC(C)C(=O)OC1(C)C2CC3C(=O)OC1C3C2.CCC(C)C(=O)OC1(CC)C2CC3CC(C2)CC1C3.CCC(C)C(=O)OC1CCC2CC1OC2=O. The van der Waals surface area contributed by atoms with Crippen molar-refractivity contribution in [1.29, 1.82) is 0 Å². The van der Waals surface area contributed by atoms with E-state index in [2.05, 4.69) is 57.9 Å². The number of carbonyl (C=O) groups is 13. The Morgan fingerprint density at radius 2 is 0.877 bits per heavy atom. The molecule has 122 heavy (non-hydrogen) atoms. The number of likely N-dealkylation sites (tertiary alicyclic amines) is 1. The first-order valence-corrected chi connectivity index (χ1v) is 48.6. The van der Waals surface area contributed by atoms with Crippen LogP contribution in [-0.4, -0.2) is 123 Å². The number of fused-ring (bicyclic) bond motifs is 7. The van der Waals surface area contributed by atoms with Gasteiger partial charge in [-0.05, 0) is 252 Å². The number of esters is 10. The predicted molar refractivity (Wildman–Crippen MR) is 461 cm³/mol. The molecule has 0 aromatic carbocycles. The first-order valence-electron chi connectivity index (χ1n) is 48.6. The van der Waals surface area contributed by atoms with E-state index in [1.165, 1.54) is 64.2 Å². The average Bonchev–Trinajstić information content (AvgIpc) is 1.72. The summed E-state index contributed by atoms with van der Waals surface area (Å²) in [5.41, 5.74) is -1.36. The van der Waals surface area contributed by atoms with Gasteiger partial charge in [0.2, 0.25) is 11.8 Å². The number of ether oxygens (including phenoxy) is 8. The molecule has 0 aromatic heterocycles. The Kier molecular flexibility index (Phi) is 34.9. The van der Waals surface area contributed by atoms with Crippen LogP contribution in [0.4, 0.5) is 0 Å². The van der Waals surface area contributed by atoms with Gasteiger partial charge in [0.1, 0.15) is 40.9 Å². The van der Waals surface area contributed by atoms with Crippen LogP contribution >= 0.6 is 0 Å². The quantitative estimate of drug-likeness (QED) is 0.0636. The van der Waals surface area contributed by atoms with Crippen LogP contribution in [0.15, 0.2) is 0 Å². The molecule has 0 N–H and O–H groups in total. The molecule has 2 amide bonds. The van der Waals surface area contributed by atoms with Crippen LogP contribution in [0.3, 0.4) is 0 Å². The third-order valence-corrected chi connectivity index (χ3v) is 34.3. The van der Waals surface area contributed by atoms with Crippen molar-refractivity contribution in [1.82, 2.24) is 4.90 Å². The van der Waals surface area contributed by atoms with Crippen LogP contribution in [-0.2, 0) is 100 Å². The highest BCUT2D eigenvalue weighted by Gasteiger charge is 2.69. The average molecular weight is 1710 g/mol. The van der Waals surface area contributed by atoms with E-state index in [1.807, 2.05) is 83.1 Å². The zero-order chi connectivity index (χ0) is 90.2. The molecule has 0 spiro atoms. The van der Waals surface area contributed by atoms with E-state index in [9.17, 15) is 62.3 Å². The van der Waals surface area contributed by atoms with Gasteiger partial charge in [-0.2, -0.15) is 0 Å². The van der Waals surface area contributed by atoms with Gasteiger partial charge in [-0.25, -0.2) is 0 Å². The number of cyclic esters (lactones) is 4. The van der Waals surface area contributed by atoms with Gasteiger partial charge in [0.15, 0.2) is 0 Å². The van der Waals surface area contributed by atoms with Gasteiger partial charge < -0.3 is 37.9 Å². The molecule has 13 saturated carbocycles. The normalized spacial score (nSPS) is 40.0. The largest absolute Gasteiger partial charge is 0.459 e. The second kappa shape index (κ2) is 42.7. The van der Waals surface area contributed by atoms with Crippen molar-refractivity contribution in [2.75, 3.05) is 0 Å². The summed E-state index contributed by atoms with van der Waals surface area (Å²) in [4.78, 5) is 151. The van der Waals surface area contributed by atoms with Gasteiger partial charge in [0, 0.05) is 42.6 Å². The summed E-state index contributed by atoms with van der Waals surface area (Å²) in [7, 11) is 0. The van der Waals surface area contributed by atoms with Crippen molar-refractivity contribution >= 4 is 77.3 Å². The molecule has 22 nitrogen and oxygen atoms in total. The van der Waals surface area contributed by atoms with Crippen molar-refractivity contribution in [3.63, 3.8) is 0 Å². The highest BCUT2D eigenvalue weighted by atomic mass is 16.6. The Bertz CT molecular complexity index is 3480. The lowest BCUT2D eigenvalue weighted by atomic mass is 9.49. The van der Waals surface area contributed by atoms with Gasteiger partial charge in [0.05, 0.1) is 65.1 Å². The van der Waals surface area contributed by atoms with Gasteiger partial charge in [-0.3, -0.25) is 67.2 Å². The van der Waals surface area contributed by atoms with E-state index >= 15 is 0 Å². The molecule has 690 valence electrons. The standard InChI is InChI=1S/C17H28O2.C15H26O3.C14H20O4.C12H19NO2.C12H18O4.2C9H16.2C6H8O3/c1-4-11(3)16(18)19-17(5-2)14-7-12-6-13(9-14)10-15(17)8-12;1-6-11(3)14(17)18-15(4,5)12-8-7-10(2)9-13(12)16;1-4-7(2)12(15)18-14(3)8-5-9-10(6-8)13(16)17-11(9)14;1-8-9(2)12(15)13(11(8)14)10-6-4-3-5-7-10;1-3-7(2)11(13)15-9-5-4-8-6-10(9)16-12(8)14;2*1-6-7(2)9-4-3-8(6)5-9;2*1-3-4(2)6(8)9-5(3)7/h11-15H,4-10H2,1-3H3;10-12H,6-9H2,1-5H3;7-11H,4-6H2,1-3H3;8-10H,3-7H2,1-2H3;7-10H,3-6H2,1-2H3;2*6-9H,3-5H2,1-2H3;2*3-4H,1-2H3. The van der Waals surface area contributed by atoms with Crippen LogP contribution in [0.25, 0.3) is 0 Å². The van der Waals surface area contributed by atoms with Crippen LogP contribution < -0.4 is 0 Å². The number of carbonyl (C=O) groups excluding carboxylic acids is 13. The summed E-state index contributed by atoms with van der Waals surface area (Å²) in [6.45, 7) is 45.8. The van der Waals surface area contributed by atoms with Gasteiger partial charge in [-0.15, -0.1) is 0 Å². The second-order valence-electron chi connectivity index (χ2n) is 42.2. The van der Waals surface area contributed by atoms with E-state index in [1.54, 1.807) is 45.4 Å². The molecule has 0 radical (unpaired) electrons. The smallest absolute Gasteiger partial charge is 0.317 e. The molecule has 13 aliphatic carbocycles. The van der Waals surface area contributed by atoms with Crippen molar-refractivity contribution < 1.29 is 100 Å². The van der Waals surface area contributed by atoms with Crippen LogP contribution in [0.5, 0.6) is 0 Å². The van der Waals surface area contributed by atoms with Crippen molar-refractivity contribution in [3.8, 4) is 0 Å². The number of amides is 2. The van der Waals surface area contributed by atoms with E-state index < -0.39 is 35.1 Å². The molecule has 5 saturated heterocycles. The maximum atomic E-state index is 12.3. The summed E-state index contributed by atoms with van der Waals surface area (Å²) < 4.78 is 42.2. The van der Waals surface area contributed by atoms with E-state index in [-0.39, 0.29) is 172 Å². The van der Waals surface area contributed by atoms with E-state index in [0.717, 1.165) is 162 Å². The second-order valence-corrected chi connectivity index (χ2v) is 42.2. The van der Waals surface area contributed by atoms with Crippen molar-refractivity contribution in [2.24, 2.45) is 166 Å². The number of Topliss-reactive ketones (excluding diaryl/α,β-unsaturated/α-hetero) is 1. The fourth-order valence-corrected chi connectivity index (χ4v) is 23.7. The number of hydrogen-bond donors (Lipinski definition) is 0. The zero-order valence-electron chi connectivity index (χ0n) is 79.0. The summed E-state index contributed by atoms with van der Waals surface area (Å²) in [5, 5.41) is 0. The molecule has 5 heterocycles. The molecule has 0 aromatic rings. The minimum atomic E-state index is -0.669. The Labute approximate surface area is 731 Å². The Morgan fingerprint density at radius 1 is 0.443 bits per heavy atom. The summed E-state index contributed by atoms with van der Waals surface area (Å²) >= 11 is 0. The fourth-order valence-electron chi connectivity index (χ4n) is 23.7. The molecular weight excluding hydrogens is 1550 g/mol. The van der Waals surface area contributed by atoms with Crippen molar-refractivity contribution in [2.45, 2.75) is 387 Å².